The van der Waals surface area contributed by atoms with Crippen molar-refractivity contribution in [1.82, 2.24) is 0 Å². The summed E-state index contributed by atoms with van der Waals surface area (Å²) in [4.78, 5) is 0. The molecule has 3 aromatic carbocycles. The molecule has 0 bridgehead atoms. The van der Waals surface area contributed by atoms with Crippen LogP contribution in [-0.4, -0.2) is 12.8 Å². The first-order valence-electron chi connectivity index (χ1n) is 8.61. The summed E-state index contributed by atoms with van der Waals surface area (Å²) in [6.07, 6.45) is 0. The van der Waals surface area contributed by atoms with Gasteiger partial charge in [-0.2, -0.15) is 0 Å². The van der Waals surface area contributed by atoms with Gasteiger partial charge in [0.2, 0.25) is 0 Å². The Hall–Kier alpha value is -2.57. The minimum atomic E-state index is -2.89. The predicted molar refractivity (Wildman–Crippen MR) is 111 cm³/mol. The van der Waals surface area contributed by atoms with Crippen molar-refractivity contribution in [3.05, 3.63) is 97.1 Å². The van der Waals surface area contributed by atoms with Crippen molar-refractivity contribution in [3.8, 4) is 5.75 Å². The molecular formula is C23H23O2P. The smallest absolute Gasteiger partial charge is 0.150 e. The largest absolute Gasteiger partial charge is 0.497 e. The molecule has 0 fully saturated rings. The van der Waals surface area contributed by atoms with Gasteiger partial charge in [0, 0.05) is 16.3 Å². The number of methoxy groups -OCH3 is 1. The van der Waals surface area contributed by atoms with Gasteiger partial charge in [-0.3, -0.25) is 0 Å². The van der Waals surface area contributed by atoms with E-state index in [-0.39, 0.29) is 5.66 Å². The molecule has 0 heterocycles. The number of rotatable bonds is 6. The molecule has 0 spiro atoms. The highest BCUT2D eigenvalue weighted by atomic mass is 31.2. The van der Waals surface area contributed by atoms with Crippen LogP contribution in [0.15, 0.2) is 91.5 Å². The molecule has 0 unspecified atom stereocenters. The highest BCUT2D eigenvalue weighted by molar-refractivity contribution is 7.79. The molecule has 0 radical (unpaired) electrons. The zero-order chi connectivity index (χ0) is 18.6. The third-order valence-electron chi connectivity index (χ3n) is 4.79. The molecule has 0 aliphatic carbocycles. The second-order valence-corrected chi connectivity index (χ2v) is 9.38. The Balaban J connectivity index is 2.07. The SMILES string of the molecule is C=C(c1ccc(OC)cc1)[C@H](C)P(=O)(c1ccccc1)c1ccccc1. The van der Waals surface area contributed by atoms with Gasteiger partial charge in [-0.25, -0.2) is 0 Å². The number of allylic oxidation sites excluding steroid dienone is 1. The van der Waals surface area contributed by atoms with E-state index in [1.165, 1.54) is 0 Å². The Morgan fingerprint density at radius 3 is 1.73 bits per heavy atom. The second-order valence-electron chi connectivity index (χ2n) is 6.26. The fraction of sp³-hybridized carbons (Fsp3) is 0.130. The number of benzene rings is 3. The van der Waals surface area contributed by atoms with Crippen LogP contribution in [0.5, 0.6) is 5.75 Å². The molecule has 26 heavy (non-hydrogen) atoms. The maximum atomic E-state index is 14.4. The van der Waals surface area contributed by atoms with E-state index in [0.29, 0.717) is 0 Å². The normalized spacial score (nSPS) is 12.4. The van der Waals surface area contributed by atoms with Gasteiger partial charge in [0.25, 0.3) is 0 Å². The summed E-state index contributed by atoms with van der Waals surface area (Å²) in [5, 5.41) is 1.71. The van der Waals surface area contributed by atoms with E-state index in [9.17, 15) is 4.57 Å². The Labute approximate surface area is 155 Å². The topological polar surface area (TPSA) is 26.3 Å². The lowest BCUT2D eigenvalue weighted by Crippen LogP contribution is -2.24. The average Bonchev–Trinajstić information content (AvgIpc) is 2.73. The summed E-state index contributed by atoms with van der Waals surface area (Å²) < 4.78 is 19.6. The van der Waals surface area contributed by atoms with E-state index in [1.54, 1.807) is 7.11 Å². The fourth-order valence-corrected chi connectivity index (χ4v) is 6.17. The highest BCUT2D eigenvalue weighted by Crippen LogP contribution is 2.52. The van der Waals surface area contributed by atoms with Gasteiger partial charge < -0.3 is 9.30 Å². The van der Waals surface area contributed by atoms with E-state index < -0.39 is 7.14 Å². The van der Waals surface area contributed by atoms with Crippen molar-refractivity contribution in [2.45, 2.75) is 12.6 Å². The average molecular weight is 362 g/mol. The molecular weight excluding hydrogens is 339 g/mol. The summed E-state index contributed by atoms with van der Waals surface area (Å²) in [6, 6.07) is 27.2. The van der Waals surface area contributed by atoms with E-state index in [2.05, 4.69) is 6.58 Å². The third-order valence-corrected chi connectivity index (χ3v) is 8.32. The molecule has 0 aromatic heterocycles. The van der Waals surface area contributed by atoms with E-state index in [1.807, 2.05) is 91.9 Å². The molecule has 0 amide bonds. The van der Waals surface area contributed by atoms with E-state index >= 15 is 0 Å². The van der Waals surface area contributed by atoms with Gasteiger partial charge in [-0.1, -0.05) is 86.3 Å². The Morgan fingerprint density at radius 1 is 0.846 bits per heavy atom. The van der Waals surface area contributed by atoms with Crippen LogP contribution in [-0.2, 0) is 4.57 Å². The van der Waals surface area contributed by atoms with Crippen LogP contribution in [0.1, 0.15) is 12.5 Å². The zero-order valence-corrected chi connectivity index (χ0v) is 16.0. The van der Waals surface area contributed by atoms with Gasteiger partial charge in [-0.05, 0) is 23.3 Å². The maximum absolute atomic E-state index is 14.4. The maximum Gasteiger partial charge on any atom is 0.150 e. The summed E-state index contributed by atoms with van der Waals surface area (Å²) in [5.74, 6) is 0.795. The zero-order valence-electron chi connectivity index (χ0n) is 15.1. The molecule has 3 heteroatoms. The number of hydrogen-bond donors (Lipinski definition) is 0. The van der Waals surface area contributed by atoms with Crippen LogP contribution in [0.4, 0.5) is 0 Å². The molecule has 1 atom stereocenters. The van der Waals surface area contributed by atoms with Gasteiger partial charge in [0.05, 0.1) is 7.11 Å². The first-order valence-corrected chi connectivity index (χ1v) is 10.4. The van der Waals surface area contributed by atoms with Crippen LogP contribution >= 0.6 is 7.14 Å². The van der Waals surface area contributed by atoms with Gasteiger partial charge in [0.1, 0.15) is 12.9 Å². The molecule has 0 aliphatic heterocycles. The second kappa shape index (κ2) is 7.76. The lowest BCUT2D eigenvalue weighted by atomic mass is 10.1. The van der Waals surface area contributed by atoms with Crippen molar-refractivity contribution in [3.63, 3.8) is 0 Å². The van der Waals surface area contributed by atoms with E-state index in [4.69, 9.17) is 4.74 Å². The Kier molecular flexibility index (Phi) is 5.44. The Bertz CT molecular complexity index is 872. The Morgan fingerprint density at radius 2 is 1.31 bits per heavy atom. The van der Waals surface area contributed by atoms with Gasteiger partial charge in [0.15, 0.2) is 0 Å². The van der Waals surface area contributed by atoms with Crippen LogP contribution in [0.2, 0.25) is 0 Å². The summed E-state index contributed by atoms with van der Waals surface area (Å²) in [6.45, 7) is 6.29. The lowest BCUT2D eigenvalue weighted by Gasteiger charge is -2.28. The van der Waals surface area contributed by atoms with Crippen LogP contribution in [0.25, 0.3) is 5.57 Å². The lowest BCUT2D eigenvalue weighted by molar-refractivity contribution is 0.415. The molecule has 0 N–H and O–H groups in total. The molecule has 3 aromatic rings. The summed E-state index contributed by atoms with van der Waals surface area (Å²) in [5.41, 5.74) is 1.62. The van der Waals surface area contributed by atoms with Gasteiger partial charge >= 0.3 is 0 Å². The molecule has 2 nitrogen and oxygen atoms in total. The van der Waals surface area contributed by atoms with E-state index in [0.717, 1.165) is 27.5 Å². The van der Waals surface area contributed by atoms with Gasteiger partial charge in [-0.15, -0.1) is 0 Å². The van der Waals surface area contributed by atoms with Crippen molar-refractivity contribution in [1.29, 1.82) is 0 Å². The number of ether oxygens (including phenoxy) is 1. The summed E-state index contributed by atoms with van der Waals surface area (Å²) >= 11 is 0. The molecule has 0 aliphatic rings. The fourth-order valence-electron chi connectivity index (χ4n) is 3.16. The molecule has 0 saturated heterocycles. The standard InChI is InChI=1S/C23H23O2P/c1-18(20-14-16-21(25-3)17-15-20)19(2)26(24,22-10-6-4-7-11-22)23-12-8-5-9-13-23/h4-17,19H,1H2,2-3H3/t19-/m0/s1. The van der Waals surface area contributed by atoms with Crippen molar-refractivity contribution in [2.75, 3.05) is 7.11 Å². The summed E-state index contributed by atoms with van der Waals surface area (Å²) in [7, 11) is -1.24. The minimum Gasteiger partial charge on any atom is -0.497 e. The molecule has 0 saturated carbocycles. The monoisotopic (exact) mass is 362 g/mol. The van der Waals surface area contributed by atoms with Crippen molar-refractivity contribution in [2.24, 2.45) is 0 Å². The quantitative estimate of drug-likeness (QED) is 0.570. The first kappa shape index (κ1) is 18.2. The third kappa shape index (κ3) is 3.38. The molecule has 3 rings (SSSR count). The highest BCUT2D eigenvalue weighted by Gasteiger charge is 2.35. The van der Waals surface area contributed by atoms with Crippen molar-refractivity contribution >= 4 is 23.3 Å². The van der Waals surface area contributed by atoms with Crippen LogP contribution < -0.4 is 15.3 Å². The van der Waals surface area contributed by atoms with Crippen molar-refractivity contribution < 1.29 is 9.30 Å². The molecule has 132 valence electrons. The van der Waals surface area contributed by atoms with Crippen LogP contribution in [0, 0.1) is 0 Å². The first-order chi connectivity index (χ1) is 12.6. The minimum absolute atomic E-state index is 0.222. The van der Waals surface area contributed by atoms with Crippen LogP contribution in [0.3, 0.4) is 0 Å². The predicted octanol–water partition coefficient (Wildman–Crippen LogP) is 5.11. The number of hydrogen-bond acceptors (Lipinski definition) is 2.